The van der Waals surface area contributed by atoms with Crippen LogP contribution < -0.4 is 4.74 Å². The van der Waals surface area contributed by atoms with E-state index in [9.17, 15) is 4.79 Å². The normalized spacial score (nSPS) is 17.0. The van der Waals surface area contributed by atoms with Crippen LogP contribution in [0.5, 0.6) is 5.75 Å². The number of carbonyl (C=O) groups excluding carboxylic acids is 1. The molecule has 5 heteroatoms. The average molecular weight is 316 g/mol. The zero-order valence-electron chi connectivity index (χ0n) is 13.1. The lowest BCUT2D eigenvalue weighted by Gasteiger charge is -2.37. The van der Waals surface area contributed by atoms with E-state index in [0.29, 0.717) is 0 Å². The molecule has 0 unspecified atom stereocenters. The topological polar surface area (TPSA) is 32.8 Å². The molecule has 0 spiro atoms. The van der Waals surface area contributed by atoms with Gasteiger partial charge >= 0.3 is 6.03 Å². The van der Waals surface area contributed by atoms with Crippen molar-refractivity contribution in [2.75, 3.05) is 27.7 Å². The Bertz CT molecular complexity index is 664. The number of rotatable bonds is 2. The van der Waals surface area contributed by atoms with Gasteiger partial charge in [0.2, 0.25) is 0 Å². The molecule has 0 saturated carbocycles. The Morgan fingerprint density at radius 3 is 2.64 bits per heavy atom. The molecule has 2 aromatic rings. The summed E-state index contributed by atoms with van der Waals surface area (Å²) in [5.41, 5.74) is 2.37. The Morgan fingerprint density at radius 1 is 1.27 bits per heavy atom. The van der Waals surface area contributed by atoms with Gasteiger partial charge in [-0.15, -0.1) is 11.3 Å². The molecule has 2 amide bonds. The molecule has 22 heavy (non-hydrogen) atoms. The molecule has 1 atom stereocenters. The highest BCUT2D eigenvalue weighted by molar-refractivity contribution is 7.10. The van der Waals surface area contributed by atoms with E-state index in [4.69, 9.17) is 4.74 Å². The summed E-state index contributed by atoms with van der Waals surface area (Å²) < 4.78 is 5.24. The monoisotopic (exact) mass is 316 g/mol. The summed E-state index contributed by atoms with van der Waals surface area (Å²) in [6, 6.07) is 10.2. The van der Waals surface area contributed by atoms with Gasteiger partial charge in [-0.1, -0.05) is 12.1 Å². The van der Waals surface area contributed by atoms with Gasteiger partial charge < -0.3 is 14.5 Å². The van der Waals surface area contributed by atoms with Gasteiger partial charge in [-0.2, -0.15) is 0 Å². The highest BCUT2D eigenvalue weighted by atomic mass is 32.1. The lowest BCUT2D eigenvalue weighted by atomic mass is 9.93. The summed E-state index contributed by atoms with van der Waals surface area (Å²) in [5, 5.41) is 2.12. The van der Waals surface area contributed by atoms with Gasteiger partial charge in [0.25, 0.3) is 0 Å². The van der Waals surface area contributed by atoms with Crippen LogP contribution >= 0.6 is 11.3 Å². The summed E-state index contributed by atoms with van der Waals surface area (Å²) in [5.74, 6) is 0.829. The van der Waals surface area contributed by atoms with E-state index < -0.39 is 0 Å². The van der Waals surface area contributed by atoms with Crippen LogP contribution in [0.3, 0.4) is 0 Å². The Morgan fingerprint density at radius 2 is 2.00 bits per heavy atom. The molecule has 0 bridgehead atoms. The Kier molecular flexibility index (Phi) is 4.07. The van der Waals surface area contributed by atoms with Crippen LogP contribution in [-0.4, -0.2) is 43.6 Å². The lowest BCUT2D eigenvalue weighted by Crippen LogP contribution is -2.45. The number of amides is 2. The first-order valence-electron chi connectivity index (χ1n) is 7.30. The fourth-order valence-corrected chi connectivity index (χ4v) is 3.83. The minimum Gasteiger partial charge on any atom is -0.497 e. The van der Waals surface area contributed by atoms with Crippen LogP contribution in [0.1, 0.15) is 22.0 Å². The van der Waals surface area contributed by atoms with Crippen LogP contribution in [0.15, 0.2) is 35.7 Å². The van der Waals surface area contributed by atoms with Crippen molar-refractivity contribution >= 4 is 17.4 Å². The molecule has 0 radical (unpaired) electrons. The van der Waals surface area contributed by atoms with Crippen molar-refractivity contribution in [3.05, 3.63) is 51.7 Å². The average Bonchev–Trinajstić information content (AvgIpc) is 3.01. The summed E-state index contributed by atoms with van der Waals surface area (Å²) in [4.78, 5) is 17.5. The van der Waals surface area contributed by atoms with Crippen molar-refractivity contribution in [2.24, 2.45) is 0 Å². The standard InChI is InChI=1S/C17H20N2O2S/c1-18(2)17(20)19-10-8-15-14(9-11-22-15)16(19)12-4-6-13(21-3)7-5-12/h4-7,9,11,16H,8,10H2,1-3H3/t16-/m1/s1. The molecule has 4 nitrogen and oxygen atoms in total. The van der Waals surface area contributed by atoms with Gasteiger partial charge in [-0.25, -0.2) is 4.79 Å². The fraction of sp³-hybridized carbons (Fsp3) is 0.353. The largest absolute Gasteiger partial charge is 0.497 e. The zero-order chi connectivity index (χ0) is 15.7. The van der Waals surface area contributed by atoms with E-state index >= 15 is 0 Å². The lowest BCUT2D eigenvalue weighted by molar-refractivity contribution is 0.154. The van der Waals surface area contributed by atoms with Gasteiger partial charge in [-0.3, -0.25) is 0 Å². The Hall–Kier alpha value is -2.01. The first-order valence-corrected chi connectivity index (χ1v) is 8.18. The Labute approximate surface area is 134 Å². The summed E-state index contributed by atoms with van der Waals surface area (Å²) in [7, 11) is 5.27. The predicted molar refractivity (Wildman–Crippen MR) is 88.6 cm³/mol. The number of urea groups is 1. The first kappa shape index (κ1) is 14.9. The quantitative estimate of drug-likeness (QED) is 0.851. The van der Waals surface area contributed by atoms with Crippen molar-refractivity contribution in [2.45, 2.75) is 12.5 Å². The second kappa shape index (κ2) is 6.01. The van der Waals surface area contributed by atoms with E-state index in [-0.39, 0.29) is 12.1 Å². The highest BCUT2D eigenvalue weighted by Gasteiger charge is 2.33. The van der Waals surface area contributed by atoms with Gasteiger partial charge in [0.05, 0.1) is 13.2 Å². The predicted octanol–water partition coefficient (Wildman–Crippen LogP) is 3.39. The third-order valence-electron chi connectivity index (χ3n) is 4.03. The molecule has 0 saturated heterocycles. The number of nitrogens with zero attached hydrogens (tertiary/aromatic N) is 2. The highest BCUT2D eigenvalue weighted by Crippen LogP contribution is 2.38. The van der Waals surface area contributed by atoms with E-state index in [1.54, 1.807) is 37.4 Å². The SMILES string of the molecule is COc1ccc([C@@H]2c3ccsc3CCN2C(=O)N(C)C)cc1. The van der Waals surface area contributed by atoms with Crippen LogP contribution in [0.25, 0.3) is 0 Å². The number of methoxy groups -OCH3 is 1. The van der Waals surface area contributed by atoms with E-state index in [2.05, 4.69) is 11.4 Å². The second-order valence-corrected chi connectivity index (χ2v) is 6.60. The molecule has 1 aromatic heterocycles. The van der Waals surface area contributed by atoms with Gasteiger partial charge in [0, 0.05) is 25.5 Å². The van der Waals surface area contributed by atoms with Crippen LogP contribution in [0, 0.1) is 0 Å². The summed E-state index contributed by atoms with van der Waals surface area (Å²) in [6.07, 6.45) is 0.930. The minimum absolute atomic E-state index is 0.0178. The zero-order valence-corrected chi connectivity index (χ0v) is 13.9. The van der Waals surface area contributed by atoms with Gasteiger partial charge in [-0.05, 0) is 41.1 Å². The number of ether oxygens (including phenoxy) is 1. The molecule has 0 fully saturated rings. The molecule has 2 heterocycles. The van der Waals surface area contributed by atoms with Crippen molar-refractivity contribution in [3.63, 3.8) is 0 Å². The Balaban J connectivity index is 2.03. The number of benzene rings is 1. The molecular formula is C17H20N2O2S. The molecule has 1 aliphatic heterocycles. The number of hydrogen-bond donors (Lipinski definition) is 0. The maximum Gasteiger partial charge on any atom is 0.320 e. The van der Waals surface area contributed by atoms with E-state index in [1.807, 2.05) is 29.2 Å². The molecule has 116 valence electrons. The minimum atomic E-state index is -0.0178. The number of carbonyl (C=O) groups is 1. The van der Waals surface area contributed by atoms with E-state index in [1.165, 1.54) is 10.4 Å². The van der Waals surface area contributed by atoms with Crippen LogP contribution in [-0.2, 0) is 6.42 Å². The number of thiophene rings is 1. The first-order chi connectivity index (χ1) is 10.6. The fourth-order valence-electron chi connectivity index (χ4n) is 2.93. The molecule has 1 aromatic carbocycles. The third kappa shape index (κ3) is 2.57. The van der Waals surface area contributed by atoms with Crippen molar-refractivity contribution in [3.8, 4) is 5.75 Å². The van der Waals surface area contributed by atoms with Crippen molar-refractivity contribution in [1.29, 1.82) is 0 Å². The van der Waals surface area contributed by atoms with Gasteiger partial charge in [0.1, 0.15) is 5.75 Å². The molecule has 1 aliphatic rings. The maximum absolute atomic E-state index is 12.6. The van der Waals surface area contributed by atoms with Crippen LogP contribution in [0.4, 0.5) is 4.79 Å². The maximum atomic E-state index is 12.6. The van der Waals surface area contributed by atoms with Gasteiger partial charge in [0.15, 0.2) is 0 Å². The molecule has 3 rings (SSSR count). The van der Waals surface area contributed by atoms with Crippen LogP contribution in [0.2, 0.25) is 0 Å². The van der Waals surface area contributed by atoms with Crippen molar-refractivity contribution < 1.29 is 9.53 Å². The molecule has 0 N–H and O–H groups in total. The third-order valence-corrected chi connectivity index (χ3v) is 5.02. The summed E-state index contributed by atoms with van der Waals surface area (Å²) in [6.45, 7) is 0.751. The van der Waals surface area contributed by atoms with Crippen molar-refractivity contribution in [1.82, 2.24) is 9.80 Å². The smallest absolute Gasteiger partial charge is 0.320 e. The number of fused-ring (bicyclic) bond motifs is 1. The summed E-state index contributed by atoms with van der Waals surface area (Å²) >= 11 is 1.78. The van der Waals surface area contributed by atoms with E-state index in [0.717, 1.165) is 24.3 Å². The molecule has 0 aliphatic carbocycles. The second-order valence-electron chi connectivity index (χ2n) is 5.60. The number of hydrogen-bond acceptors (Lipinski definition) is 3. The molecular weight excluding hydrogens is 296 g/mol.